The number of anilines is 1. The summed E-state index contributed by atoms with van der Waals surface area (Å²) in [7, 11) is 1.57. The minimum Gasteiger partial charge on any atom is -0.495 e. The molecular weight excluding hydrogens is 458 g/mol. The number of rotatable bonds is 8. The molecule has 3 aromatic rings. The van der Waals surface area contributed by atoms with Gasteiger partial charge >= 0.3 is 0 Å². The van der Waals surface area contributed by atoms with Gasteiger partial charge in [0.05, 0.1) is 36.6 Å². The molecule has 9 heteroatoms. The van der Waals surface area contributed by atoms with Gasteiger partial charge in [-0.05, 0) is 56.4 Å². The molecule has 4 rings (SSSR count). The molecule has 1 aromatic carbocycles. The van der Waals surface area contributed by atoms with E-state index < -0.39 is 0 Å². The summed E-state index contributed by atoms with van der Waals surface area (Å²) in [6, 6.07) is 5.64. The van der Waals surface area contributed by atoms with Gasteiger partial charge in [-0.1, -0.05) is 24.8 Å². The van der Waals surface area contributed by atoms with Gasteiger partial charge in [-0.3, -0.25) is 14.2 Å². The Morgan fingerprint density at radius 2 is 2.21 bits per heavy atom. The summed E-state index contributed by atoms with van der Waals surface area (Å²) in [6.07, 6.45) is 2.70. The van der Waals surface area contributed by atoms with E-state index in [2.05, 4.69) is 12.2 Å². The van der Waals surface area contributed by atoms with Gasteiger partial charge in [-0.15, -0.1) is 11.3 Å². The molecule has 0 bridgehead atoms. The van der Waals surface area contributed by atoms with Crippen LogP contribution in [0.15, 0.2) is 28.2 Å². The topological polar surface area (TPSA) is 82.4 Å². The van der Waals surface area contributed by atoms with E-state index in [0.29, 0.717) is 28.5 Å². The molecule has 0 saturated carbocycles. The van der Waals surface area contributed by atoms with Gasteiger partial charge in [0.1, 0.15) is 10.6 Å². The van der Waals surface area contributed by atoms with Gasteiger partial charge in [-0.2, -0.15) is 0 Å². The number of nitrogens with one attached hydrogen (secondary N) is 1. The van der Waals surface area contributed by atoms with Crippen molar-refractivity contribution in [2.75, 3.05) is 24.8 Å². The highest BCUT2D eigenvalue weighted by molar-refractivity contribution is 7.99. The summed E-state index contributed by atoms with van der Waals surface area (Å²) >= 11 is 2.82. The summed E-state index contributed by atoms with van der Waals surface area (Å²) in [5.41, 5.74) is 2.68. The predicted octanol–water partition coefficient (Wildman–Crippen LogP) is 4.56. The number of carbonyl (C=O) groups is 1. The molecule has 1 amide bonds. The van der Waals surface area contributed by atoms with E-state index in [9.17, 15) is 9.59 Å². The number of aryl methyl sites for hydroxylation is 3. The lowest BCUT2D eigenvalue weighted by atomic mass is 10.1. The Kier molecular flexibility index (Phi) is 7.41. The molecule has 1 saturated heterocycles. The number of aromatic nitrogens is 2. The molecule has 7 nitrogen and oxygen atoms in total. The fourth-order valence-electron chi connectivity index (χ4n) is 4.16. The number of thiophene rings is 1. The zero-order valence-electron chi connectivity index (χ0n) is 19.4. The largest absolute Gasteiger partial charge is 0.495 e. The van der Waals surface area contributed by atoms with Crippen LogP contribution in [0.1, 0.15) is 35.8 Å². The van der Waals surface area contributed by atoms with Crippen molar-refractivity contribution in [3.8, 4) is 5.75 Å². The second-order valence-electron chi connectivity index (χ2n) is 8.16. The fraction of sp³-hybridized carbons (Fsp3) is 0.458. The summed E-state index contributed by atoms with van der Waals surface area (Å²) in [5, 5.41) is 4.18. The van der Waals surface area contributed by atoms with Crippen LogP contribution >= 0.6 is 23.1 Å². The summed E-state index contributed by atoms with van der Waals surface area (Å²) in [6.45, 7) is 7.22. The summed E-state index contributed by atoms with van der Waals surface area (Å²) in [5.74, 6) is 0.555. The maximum atomic E-state index is 13.5. The Morgan fingerprint density at radius 1 is 1.39 bits per heavy atom. The lowest BCUT2D eigenvalue weighted by Crippen LogP contribution is -2.29. The number of benzene rings is 1. The summed E-state index contributed by atoms with van der Waals surface area (Å²) < 4.78 is 12.9. The van der Waals surface area contributed by atoms with Crippen LogP contribution in [0.3, 0.4) is 0 Å². The number of carbonyl (C=O) groups excluding carboxylic acids is 1. The van der Waals surface area contributed by atoms with Crippen molar-refractivity contribution in [2.24, 2.45) is 0 Å². The third-order valence-corrected chi connectivity index (χ3v) is 7.82. The number of hydrogen-bond donors (Lipinski definition) is 1. The SMILES string of the molecule is CCc1c(C)sc2nc(SCC(=O)Nc3cc(C)ccc3OC)n(CC3CCCO3)c(=O)c12. The molecule has 2 aromatic heterocycles. The van der Waals surface area contributed by atoms with E-state index in [1.165, 1.54) is 11.8 Å². The molecule has 1 unspecified atom stereocenters. The first kappa shape index (κ1) is 23.8. The van der Waals surface area contributed by atoms with Gasteiger partial charge < -0.3 is 14.8 Å². The van der Waals surface area contributed by atoms with Crippen molar-refractivity contribution in [1.29, 1.82) is 0 Å². The van der Waals surface area contributed by atoms with Crippen molar-refractivity contribution in [1.82, 2.24) is 9.55 Å². The first-order valence-corrected chi connectivity index (χ1v) is 12.9. The standard InChI is InChI=1S/C24H29N3O4S2/c1-5-17-15(3)33-22-21(17)23(29)27(12-16-7-6-10-31-16)24(26-22)32-13-20(28)25-18-11-14(2)8-9-19(18)30-4/h8-9,11,16H,5-7,10,12-13H2,1-4H3,(H,25,28). The zero-order valence-corrected chi connectivity index (χ0v) is 21.0. The van der Waals surface area contributed by atoms with Crippen molar-refractivity contribution >= 4 is 44.9 Å². The normalized spacial score (nSPS) is 15.8. The third kappa shape index (κ3) is 5.10. The molecular formula is C24H29N3O4S2. The van der Waals surface area contributed by atoms with E-state index in [1.54, 1.807) is 23.0 Å². The van der Waals surface area contributed by atoms with Crippen molar-refractivity contribution in [3.05, 3.63) is 44.6 Å². The van der Waals surface area contributed by atoms with Crippen molar-refractivity contribution < 1.29 is 14.3 Å². The first-order chi connectivity index (χ1) is 15.9. The van der Waals surface area contributed by atoms with E-state index in [-0.39, 0.29) is 23.3 Å². The Bertz CT molecular complexity index is 1230. The summed E-state index contributed by atoms with van der Waals surface area (Å²) in [4.78, 5) is 33.0. The van der Waals surface area contributed by atoms with Crippen LogP contribution in [0.4, 0.5) is 5.69 Å². The molecule has 0 spiro atoms. The van der Waals surface area contributed by atoms with Crippen molar-refractivity contribution in [2.45, 2.75) is 57.8 Å². The van der Waals surface area contributed by atoms with Crippen LogP contribution in [-0.2, 0) is 22.5 Å². The highest BCUT2D eigenvalue weighted by Gasteiger charge is 2.23. The number of nitrogens with zero attached hydrogens (tertiary/aromatic N) is 2. The molecule has 1 aliphatic heterocycles. The smallest absolute Gasteiger partial charge is 0.263 e. The predicted molar refractivity (Wildman–Crippen MR) is 134 cm³/mol. The molecule has 33 heavy (non-hydrogen) atoms. The van der Waals surface area contributed by atoms with Gasteiger partial charge in [0.15, 0.2) is 5.16 Å². The monoisotopic (exact) mass is 487 g/mol. The molecule has 1 N–H and O–H groups in total. The number of amides is 1. The maximum Gasteiger partial charge on any atom is 0.263 e. The lowest BCUT2D eigenvalue weighted by Gasteiger charge is -2.16. The van der Waals surface area contributed by atoms with Crippen LogP contribution < -0.4 is 15.6 Å². The first-order valence-electron chi connectivity index (χ1n) is 11.1. The molecule has 1 aliphatic rings. The number of methoxy groups -OCH3 is 1. The molecule has 1 atom stereocenters. The maximum absolute atomic E-state index is 13.5. The fourth-order valence-corrected chi connectivity index (χ4v) is 6.12. The van der Waals surface area contributed by atoms with Gasteiger partial charge in [0.2, 0.25) is 5.91 Å². The highest BCUT2D eigenvalue weighted by atomic mass is 32.2. The van der Waals surface area contributed by atoms with Gasteiger partial charge in [0.25, 0.3) is 5.56 Å². The molecule has 0 aliphatic carbocycles. The number of ether oxygens (including phenoxy) is 2. The van der Waals surface area contributed by atoms with Crippen LogP contribution in [0.5, 0.6) is 5.75 Å². The highest BCUT2D eigenvalue weighted by Crippen LogP contribution is 2.30. The van der Waals surface area contributed by atoms with Crippen molar-refractivity contribution in [3.63, 3.8) is 0 Å². The molecule has 176 valence electrons. The Labute approximate surface area is 201 Å². The Morgan fingerprint density at radius 3 is 2.91 bits per heavy atom. The van der Waals surface area contributed by atoms with Crippen LogP contribution in [0.25, 0.3) is 10.2 Å². The van der Waals surface area contributed by atoms with E-state index in [0.717, 1.165) is 46.7 Å². The molecule has 3 heterocycles. The van der Waals surface area contributed by atoms with E-state index >= 15 is 0 Å². The molecule has 1 fully saturated rings. The zero-order chi connectivity index (χ0) is 23.5. The third-order valence-electron chi connectivity index (χ3n) is 5.80. The minimum absolute atomic E-state index is 0.00325. The Balaban J connectivity index is 1.61. The van der Waals surface area contributed by atoms with Gasteiger partial charge in [-0.25, -0.2) is 4.98 Å². The number of thioether (sulfide) groups is 1. The average Bonchev–Trinajstić information content (AvgIpc) is 3.41. The van der Waals surface area contributed by atoms with E-state index in [4.69, 9.17) is 14.5 Å². The molecule has 0 radical (unpaired) electrons. The van der Waals surface area contributed by atoms with Crippen LogP contribution in [-0.4, -0.2) is 41.0 Å². The quantitative estimate of drug-likeness (QED) is 0.371. The second-order valence-corrected chi connectivity index (χ2v) is 10.3. The van der Waals surface area contributed by atoms with Gasteiger partial charge in [0, 0.05) is 11.5 Å². The lowest BCUT2D eigenvalue weighted by molar-refractivity contribution is -0.113. The second kappa shape index (κ2) is 10.3. The minimum atomic E-state index is -0.182. The Hall–Kier alpha value is -2.36. The number of fused-ring (bicyclic) bond motifs is 1. The van der Waals surface area contributed by atoms with Crippen LogP contribution in [0.2, 0.25) is 0 Å². The van der Waals surface area contributed by atoms with Crippen LogP contribution in [0, 0.1) is 13.8 Å². The average molecular weight is 488 g/mol. The number of hydrogen-bond acceptors (Lipinski definition) is 7. The van der Waals surface area contributed by atoms with E-state index in [1.807, 2.05) is 32.0 Å².